The first-order valence-electron chi connectivity index (χ1n) is 8.02. The maximum Gasteiger partial charge on any atom is 0.148 e. The molecule has 3 rings (SSSR count). The number of ether oxygens (including phenoxy) is 1. The van der Waals surface area contributed by atoms with Crippen molar-refractivity contribution in [2.45, 2.75) is 18.2 Å². The minimum atomic E-state index is 0.722. The zero-order chi connectivity index (χ0) is 17.2. The van der Waals surface area contributed by atoms with Crippen molar-refractivity contribution >= 4 is 34.2 Å². The number of aromatic nitrogens is 2. The first-order valence-corrected chi connectivity index (χ1v) is 9.29. The van der Waals surface area contributed by atoms with Crippen molar-refractivity contribution in [1.29, 1.82) is 0 Å². The van der Waals surface area contributed by atoms with Gasteiger partial charge in [0.05, 0.1) is 10.2 Å². The molecule has 2 heterocycles. The average molecular weight is 362 g/mol. The van der Waals surface area contributed by atoms with Crippen LogP contribution in [0.4, 0.5) is 0 Å². The van der Waals surface area contributed by atoms with E-state index < -0.39 is 0 Å². The minimum Gasteiger partial charge on any atom is -0.492 e. The summed E-state index contributed by atoms with van der Waals surface area (Å²) < 4.78 is 7.69. The summed E-state index contributed by atoms with van der Waals surface area (Å²) in [6.45, 7) is 8.15. The van der Waals surface area contributed by atoms with Gasteiger partial charge in [-0.15, -0.1) is 24.0 Å². The molecule has 0 radical (unpaired) electrons. The van der Waals surface area contributed by atoms with Gasteiger partial charge in [-0.1, -0.05) is 19.9 Å². The molecule has 0 aliphatic rings. The number of likely N-dealkylation sites (N-methyl/N-ethyl adjacent to an activating group) is 1. The van der Waals surface area contributed by atoms with Crippen molar-refractivity contribution in [1.82, 2.24) is 14.9 Å². The molecule has 24 heavy (non-hydrogen) atoms. The van der Waals surface area contributed by atoms with Gasteiger partial charge in [0.25, 0.3) is 0 Å². The van der Waals surface area contributed by atoms with E-state index in [9.17, 15) is 0 Å². The monoisotopic (exact) mass is 361 g/mol. The number of nitrogens with zero attached hydrogens (tertiary/aromatic N) is 3. The van der Waals surface area contributed by atoms with Crippen LogP contribution in [-0.2, 0) is 0 Å². The summed E-state index contributed by atoms with van der Waals surface area (Å²) in [6.07, 6.45) is 3.50. The summed E-state index contributed by atoms with van der Waals surface area (Å²) in [5.74, 6) is 0.909. The Labute approximate surface area is 152 Å². The number of hydrogen-bond acceptors (Lipinski definition) is 6. The molecule has 0 unspecified atom stereocenters. The van der Waals surface area contributed by atoms with Crippen LogP contribution in [0.15, 0.2) is 53.1 Å². The van der Waals surface area contributed by atoms with Gasteiger partial charge in [0.2, 0.25) is 0 Å². The fourth-order valence-electron chi connectivity index (χ4n) is 2.13. The summed E-state index contributed by atoms with van der Waals surface area (Å²) in [4.78, 5) is 10.4. The van der Waals surface area contributed by atoms with E-state index in [0.29, 0.717) is 0 Å². The second kappa shape index (κ2) is 10.3. The Morgan fingerprint density at radius 3 is 2.46 bits per heavy atom. The number of hydrogen-bond donors (Lipinski definition) is 1. The lowest BCUT2D eigenvalue weighted by molar-refractivity contribution is 0.223. The molecule has 0 spiro atoms. The number of pyridine rings is 1. The Kier molecular flexibility index (Phi) is 8.01. The largest absolute Gasteiger partial charge is 0.492 e. The Bertz CT molecular complexity index is 688. The quantitative estimate of drug-likeness (QED) is 0.661. The SMILES string of the molecule is CCN(CC)CCOc1ccc2nc(S)sc2c1.c1ccncc1. The number of thiol groups is 1. The molecule has 6 heteroatoms. The van der Waals surface area contributed by atoms with Crippen LogP contribution in [0.2, 0.25) is 0 Å². The summed E-state index contributed by atoms with van der Waals surface area (Å²) in [5.41, 5.74) is 0.987. The fourth-order valence-corrected chi connectivity index (χ4v) is 3.26. The highest BCUT2D eigenvalue weighted by atomic mass is 32.2. The Morgan fingerprint density at radius 1 is 1.12 bits per heavy atom. The minimum absolute atomic E-state index is 0.722. The van der Waals surface area contributed by atoms with Crippen molar-refractivity contribution in [3.05, 3.63) is 48.8 Å². The molecule has 0 atom stereocenters. The molecule has 1 aromatic carbocycles. The molecule has 3 aromatic rings. The van der Waals surface area contributed by atoms with Crippen molar-refractivity contribution in [3.8, 4) is 5.75 Å². The van der Waals surface area contributed by atoms with Crippen LogP contribution in [-0.4, -0.2) is 41.1 Å². The van der Waals surface area contributed by atoms with E-state index in [-0.39, 0.29) is 0 Å². The summed E-state index contributed by atoms with van der Waals surface area (Å²) in [5, 5.41) is 0. The normalized spacial score (nSPS) is 10.5. The summed E-state index contributed by atoms with van der Waals surface area (Å²) in [6, 6.07) is 11.7. The highest BCUT2D eigenvalue weighted by Crippen LogP contribution is 2.27. The lowest BCUT2D eigenvalue weighted by atomic mass is 10.3. The summed E-state index contributed by atoms with van der Waals surface area (Å²) >= 11 is 5.84. The molecule has 4 nitrogen and oxygen atoms in total. The molecule has 128 valence electrons. The van der Waals surface area contributed by atoms with Gasteiger partial charge < -0.3 is 9.64 Å². The van der Waals surface area contributed by atoms with Crippen LogP contribution in [0.1, 0.15) is 13.8 Å². The number of fused-ring (bicyclic) bond motifs is 1. The van der Waals surface area contributed by atoms with Crippen LogP contribution in [0.3, 0.4) is 0 Å². The van der Waals surface area contributed by atoms with Crippen LogP contribution < -0.4 is 4.74 Å². The molecule has 0 aliphatic heterocycles. The lowest BCUT2D eigenvalue weighted by Gasteiger charge is -2.17. The molecular formula is C18H23N3OS2. The highest BCUT2D eigenvalue weighted by molar-refractivity contribution is 7.82. The van der Waals surface area contributed by atoms with Crippen molar-refractivity contribution in [3.63, 3.8) is 0 Å². The maximum atomic E-state index is 5.77. The van der Waals surface area contributed by atoms with Gasteiger partial charge >= 0.3 is 0 Å². The van der Waals surface area contributed by atoms with Gasteiger partial charge in [0, 0.05) is 18.9 Å². The van der Waals surface area contributed by atoms with Gasteiger partial charge in [-0.3, -0.25) is 4.98 Å². The molecule has 0 fully saturated rings. The smallest absolute Gasteiger partial charge is 0.148 e. The molecule has 0 bridgehead atoms. The van der Waals surface area contributed by atoms with Gasteiger partial charge in [-0.05, 0) is 43.4 Å². The van der Waals surface area contributed by atoms with Crippen LogP contribution in [0.5, 0.6) is 5.75 Å². The van der Waals surface area contributed by atoms with E-state index in [0.717, 1.165) is 46.5 Å². The number of thiazole rings is 1. The fraction of sp³-hybridized carbons (Fsp3) is 0.333. The Hall–Kier alpha value is -1.63. The molecule has 0 amide bonds. The topological polar surface area (TPSA) is 38.2 Å². The van der Waals surface area contributed by atoms with Crippen LogP contribution in [0.25, 0.3) is 10.2 Å². The van der Waals surface area contributed by atoms with E-state index >= 15 is 0 Å². The van der Waals surface area contributed by atoms with Gasteiger partial charge in [0.15, 0.2) is 0 Å². The van der Waals surface area contributed by atoms with E-state index in [1.807, 2.05) is 36.4 Å². The first-order chi connectivity index (χ1) is 11.7. The second-order valence-electron chi connectivity index (χ2n) is 5.03. The van der Waals surface area contributed by atoms with Gasteiger partial charge in [-0.2, -0.15) is 0 Å². The summed E-state index contributed by atoms with van der Waals surface area (Å²) in [7, 11) is 0. The van der Waals surface area contributed by atoms with E-state index in [2.05, 4.69) is 41.3 Å². The zero-order valence-electron chi connectivity index (χ0n) is 14.1. The number of benzene rings is 1. The van der Waals surface area contributed by atoms with Gasteiger partial charge in [-0.25, -0.2) is 4.98 Å². The third-order valence-electron chi connectivity index (χ3n) is 3.49. The number of rotatable bonds is 6. The first kappa shape index (κ1) is 18.7. The molecule has 2 aromatic heterocycles. The molecular weight excluding hydrogens is 338 g/mol. The molecule has 0 aliphatic carbocycles. The van der Waals surface area contributed by atoms with Crippen LogP contribution in [0, 0.1) is 0 Å². The molecule has 0 saturated heterocycles. The predicted molar refractivity (Wildman–Crippen MR) is 104 cm³/mol. The predicted octanol–water partition coefficient (Wildman–Crippen LogP) is 4.39. The van der Waals surface area contributed by atoms with E-state index in [1.165, 1.54) is 0 Å². The Morgan fingerprint density at radius 2 is 1.88 bits per heavy atom. The maximum absolute atomic E-state index is 5.77. The Balaban J connectivity index is 0.000000292. The molecule has 0 N–H and O–H groups in total. The zero-order valence-corrected chi connectivity index (χ0v) is 15.8. The standard InChI is InChI=1S/C13H18N2OS2.C5H5N/c1-3-15(4-2)7-8-16-10-5-6-11-12(9-10)18-13(17)14-11;1-2-4-6-5-3-1/h5-6,9H,3-4,7-8H2,1-2H3,(H,14,17);1-5H. The lowest BCUT2D eigenvalue weighted by Crippen LogP contribution is -2.27. The highest BCUT2D eigenvalue weighted by Gasteiger charge is 2.04. The van der Waals surface area contributed by atoms with Gasteiger partial charge in [0.1, 0.15) is 16.7 Å². The van der Waals surface area contributed by atoms with Crippen molar-refractivity contribution < 1.29 is 4.74 Å². The average Bonchev–Trinajstić information content (AvgIpc) is 3.00. The second-order valence-corrected chi connectivity index (χ2v) is 6.78. The van der Waals surface area contributed by atoms with E-state index in [1.54, 1.807) is 23.7 Å². The third kappa shape index (κ3) is 6.11. The van der Waals surface area contributed by atoms with E-state index in [4.69, 9.17) is 4.74 Å². The van der Waals surface area contributed by atoms with Crippen LogP contribution >= 0.6 is 24.0 Å². The van der Waals surface area contributed by atoms with Crippen molar-refractivity contribution in [2.75, 3.05) is 26.2 Å². The van der Waals surface area contributed by atoms with Crippen molar-refractivity contribution in [2.24, 2.45) is 0 Å². The molecule has 0 saturated carbocycles. The third-order valence-corrected chi connectivity index (χ3v) is 4.68.